The fourth-order valence-electron chi connectivity index (χ4n) is 1.57. The lowest BCUT2D eigenvalue weighted by Crippen LogP contribution is -2.23. The average molecular weight is 188 g/mol. The summed E-state index contributed by atoms with van der Waals surface area (Å²) in [5.74, 6) is 0. The van der Waals surface area contributed by atoms with Crippen LogP contribution in [0.5, 0.6) is 0 Å². The van der Waals surface area contributed by atoms with Crippen LogP contribution in [-0.4, -0.2) is 16.3 Å². The van der Waals surface area contributed by atoms with Crippen molar-refractivity contribution in [2.24, 2.45) is 7.05 Å². The van der Waals surface area contributed by atoms with Crippen LogP contribution < -0.4 is 5.32 Å². The molecule has 1 aromatic heterocycles. The summed E-state index contributed by atoms with van der Waals surface area (Å²) in [5.41, 5.74) is 3.98. The standard InChI is InChI=1S/C8H13N3.ClH/c1-6-7-5-9-4-3-8(7)10-11(6)2;/h9H,3-5H2,1-2H3;1H. The predicted molar refractivity (Wildman–Crippen MR) is 50.6 cm³/mol. The van der Waals surface area contributed by atoms with Gasteiger partial charge in [0.15, 0.2) is 0 Å². The van der Waals surface area contributed by atoms with E-state index in [1.165, 1.54) is 17.0 Å². The Hall–Kier alpha value is -0.540. The summed E-state index contributed by atoms with van der Waals surface area (Å²) in [6, 6.07) is 0. The van der Waals surface area contributed by atoms with Gasteiger partial charge in [-0.2, -0.15) is 5.10 Å². The van der Waals surface area contributed by atoms with Crippen molar-refractivity contribution in [2.45, 2.75) is 19.9 Å². The molecular weight excluding hydrogens is 174 g/mol. The van der Waals surface area contributed by atoms with E-state index in [0.717, 1.165) is 19.5 Å². The van der Waals surface area contributed by atoms with Gasteiger partial charge in [-0.1, -0.05) is 0 Å². The van der Waals surface area contributed by atoms with Gasteiger partial charge in [0.2, 0.25) is 0 Å². The van der Waals surface area contributed by atoms with Gasteiger partial charge in [0.1, 0.15) is 0 Å². The fourth-order valence-corrected chi connectivity index (χ4v) is 1.57. The molecule has 0 radical (unpaired) electrons. The topological polar surface area (TPSA) is 29.9 Å². The molecule has 0 fully saturated rings. The Morgan fingerprint density at radius 1 is 1.50 bits per heavy atom. The molecule has 4 heteroatoms. The molecule has 12 heavy (non-hydrogen) atoms. The minimum Gasteiger partial charge on any atom is -0.312 e. The number of rotatable bonds is 0. The minimum absolute atomic E-state index is 0. The van der Waals surface area contributed by atoms with E-state index in [4.69, 9.17) is 0 Å². The fraction of sp³-hybridized carbons (Fsp3) is 0.625. The summed E-state index contributed by atoms with van der Waals surface area (Å²) in [5, 5.41) is 7.77. The predicted octanol–water partition coefficient (Wildman–Crippen LogP) is 0.796. The number of halogens is 1. The number of fused-ring (bicyclic) bond motifs is 1. The molecular formula is C8H14ClN3. The van der Waals surface area contributed by atoms with Gasteiger partial charge >= 0.3 is 0 Å². The van der Waals surface area contributed by atoms with Crippen LogP contribution in [-0.2, 0) is 20.0 Å². The second kappa shape index (κ2) is 3.46. The highest BCUT2D eigenvalue weighted by atomic mass is 35.5. The number of aryl methyl sites for hydroxylation is 1. The maximum Gasteiger partial charge on any atom is 0.0684 e. The molecule has 0 spiro atoms. The highest BCUT2D eigenvalue weighted by Gasteiger charge is 2.15. The van der Waals surface area contributed by atoms with Crippen molar-refractivity contribution >= 4 is 12.4 Å². The van der Waals surface area contributed by atoms with Crippen molar-refractivity contribution in [1.82, 2.24) is 15.1 Å². The van der Waals surface area contributed by atoms with Crippen LogP contribution in [0, 0.1) is 6.92 Å². The molecule has 68 valence electrons. The van der Waals surface area contributed by atoms with E-state index in [2.05, 4.69) is 17.3 Å². The summed E-state index contributed by atoms with van der Waals surface area (Å²) in [6.07, 6.45) is 1.08. The van der Waals surface area contributed by atoms with Gasteiger partial charge < -0.3 is 5.32 Å². The van der Waals surface area contributed by atoms with Crippen LogP contribution in [0.1, 0.15) is 17.0 Å². The molecule has 1 aromatic rings. The molecule has 1 aliphatic heterocycles. The SMILES string of the molecule is Cc1c2c(nn1C)CCNC2.Cl. The zero-order chi connectivity index (χ0) is 7.84. The van der Waals surface area contributed by atoms with Crippen molar-refractivity contribution in [1.29, 1.82) is 0 Å². The first-order chi connectivity index (χ1) is 5.29. The molecule has 0 unspecified atom stereocenters. The van der Waals surface area contributed by atoms with E-state index >= 15 is 0 Å². The van der Waals surface area contributed by atoms with E-state index in [1.807, 2.05) is 11.7 Å². The summed E-state index contributed by atoms with van der Waals surface area (Å²) < 4.78 is 1.97. The summed E-state index contributed by atoms with van der Waals surface area (Å²) in [6.45, 7) is 4.19. The van der Waals surface area contributed by atoms with E-state index in [-0.39, 0.29) is 12.4 Å². The first kappa shape index (κ1) is 9.55. The molecule has 1 N–H and O–H groups in total. The number of nitrogens with one attached hydrogen (secondary N) is 1. The van der Waals surface area contributed by atoms with Crippen molar-refractivity contribution < 1.29 is 0 Å². The first-order valence-electron chi connectivity index (χ1n) is 4.01. The molecule has 0 atom stereocenters. The second-order valence-corrected chi connectivity index (χ2v) is 3.06. The Kier molecular flexibility index (Phi) is 2.75. The zero-order valence-electron chi connectivity index (χ0n) is 7.42. The first-order valence-corrected chi connectivity index (χ1v) is 4.01. The Balaban J connectivity index is 0.000000720. The molecule has 2 rings (SSSR count). The number of hydrogen-bond acceptors (Lipinski definition) is 2. The molecule has 0 aliphatic carbocycles. The number of hydrogen-bond donors (Lipinski definition) is 1. The van der Waals surface area contributed by atoms with Crippen LogP contribution in [0.2, 0.25) is 0 Å². The monoisotopic (exact) mass is 187 g/mol. The normalized spacial score (nSPS) is 15.2. The Morgan fingerprint density at radius 3 is 2.92 bits per heavy atom. The molecule has 0 amide bonds. The van der Waals surface area contributed by atoms with Crippen LogP contribution in [0.3, 0.4) is 0 Å². The van der Waals surface area contributed by atoms with E-state index in [9.17, 15) is 0 Å². The lowest BCUT2D eigenvalue weighted by atomic mass is 10.1. The lowest BCUT2D eigenvalue weighted by molar-refractivity contribution is 0.632. The molecule has 0 aromatic carbocycles. The minimum atomic E-state index is 0. The van der Waals surface area contributed by atoms with Crippen molar-refractivity contribution in [2.75, 3.05) is 6.54 Å². The van der Waals surface area contributed by atoms with Gasteiger partial charge in [0, 0.05) is 37.8 Å². The van der Waals surface area contributed by atoms with Gasteiger partial charge in [-0.25, -0.2) is 0 Å². The Labute approximate surface area is 78.6 Å². The molecule has 0 saturated heterocycles. The number of aromatic nitrogens is 2. The van der Waals surface area contributed by atoms with Gasteiger partial charge in [0.05, 0.1) is 5.69 Å². The van der Waals surface area contributed by atoms with E-state index in [1.54, 1.807) is 0 Å². The van der Waals surface area contributed by atoms with Gasteiger partial charge in [-0.3, -0.25) is 4.68 Å². The molecule has 0 bridgehead atoms. The molecule has 0 saturated carbocycles. The maximum atomic E-state index is 4.43. The van der Waals surface area contributed by atoms with Crippen LogP contribution in [0.4, 0.5) is 0 Å². The van der Waals surface area contributed by atoms with Crippen LogP contribution >= 0.6 is 12.4 Å². The maximum absolute atomic E-state index is 4.43. The van der Waals surface area contributed by atoms with Crippen molar-refractivity contribution in [3.05, 3.63) is 17.0 Å². The lowest BCUT2D eigenvalue weighted by Gasteiger charge is -2.10. The van der Waals surface area contributed by atoms with Crippen molar-refractivity contribution in [3.63, 3.8) is 0 Å². The molecule has 1 aliphatic rings. The van der Waals surface area contributed by atoms with Crippen LogP contribution in [0.15, 0.2) is 0 Å². The van der Waals surface area contributed by atoms with E-state index in [0.29, 0.717) is 0 Å². The van der Waals surface area contributed by atoms with E-state index < -0.39 is 0 Å². The largest absolute Gasteiger partial charge is 0.312 e. The van der Waals surface area contributed by atoms with Crippen LogP contribution in [0.25, 0.3) is 0 Å². The second-order valence-electron chi connectivity index (χ2n) is 3.06. The average Bonchev–Trinajstić information content (AvgIpc) is 2.30. The Bertz CT molecular complexity index is 280. The van der Waals surface area contributed by atoms with Gasteiger partial charge in [0.25, 0.3) is 0 Å². The number of nitrogens with zero attached hydrogens (tertiary/aromatic N) is 2. The third-order valence-corrected chi connectivity index (χ3v) is 2.38. The quantitative estimate of drug-likeness (QED) is 0.651. The molecule has 3 nitrogen and oxygen atoms in total. The highest BCUT2D eigenvalue weighted by Crippen LogP contribution is 2.15. The molecule has 2 heterocycles. The highest BCUT2D eigenvalue weighted by molar-refractivity contribution is 5.85. The van der Waals surface area contributed by atoms with Crippen molar-refractivity contribution in [3.8, 4) is 0 Å². The van der Waals surface area contributed by atoms with Gasteiger partial charge in [-0.15, -0.1) is 12.4 Å². The Morgan fingerprint density at radius 2 is 2.25 bits per heavy atom. The third-order valence-electron chi connectivity index (χ3n) is 2.38. The summed E-state index contributed by atoms with van der Waals surface area (Å²) >= 11 is 0. The zero-order valence-corrected chi connectivity index (χ0v) is 8.24. The summed E-state index contributed by atoms with van der Waals surface area (Å²) in [7, 11) is 2.01. The smallest absolute Gasteiger partial charge is 0.0684 e. The third kappa shape index (κ3) is 1.34. The summed E-state index contributed by atoms with van der Waals surface area (Å²) in [4.78, 5) is 0. The van der Waals surface area contributed by atoms with Gasteiger partial charge in [-0.05, 0) is 6.92 Å².